The first-order valence-corrected chi connectivity index (χ1v) is 8.79. The lowest BCUT2D eigenvalue weighted by Crippen LogP contribution is -2.27. The van der Waals surface area contributed by atoms with Crippen molar-refractivity contribution in [2.75, 3.05) is 5.32 Å². The summed E-state index contributed by atoms with van der Waals surface area (Å²) in [6.07, 6.45) is 3.24. The quantitative estimate of drug-likeness (QED) is 0.566. The highest BCUT2D eigenvalue weighted by molar-refractivity contribution is 5.93. The highest BCUT2D eigenvalue weighted by Gasteiger charge is 2.22. The molecule has 0 saturated carbocycles. The summed E-state index contributed by atoms with van der Waals surface area (Å²) in [5.41, 5.74) is 2.90. The monoisotopic (exact) mass is 378 g/mol. The van der Waals surface area contributed by atoms with Gasteiger partial charge in [-0.05, 0) is 36.4 Å². The third-order valence-electron chi connectivity index (χ3n) is 4.26. The number of hydrogen-bond donors (Lipinski definition) is 2. The molecular weight excluding hydrogens is 359 g/mol. The molecule has 7 nitrogen and oxygen atoms in total. The number of carbonyl (C=O) groups is 1. The second-order valence-corrected chi connectivity index (χ2v) is 7.48. The number of rotatable bonds is 3. The van der Waals surface area contributed by atoms with Gasteiger partial charge in [0, 0.05) is 11.0 Å². The van der Waals surface area contributed by atoms with Crippen molar-refractivity contribution in [1.82, 2.24) is 24.6 Å². The molecule has 4 rings (SSSR count). The number of anilines is 1. The molecule has 0 saturated heterocycles. The molecule has 142 valence electrons. The zero-order valence-corrected chi connectivity index (χ0v) is 15.7. The second kappa shape index (κ2) is 6.56. The summed E-state index contributed by atoms with van der Waals surface area (Å²) in [5.74, 6) is 0.0138. The number of nitrogens with zero attached hydrogens (tertiary/aromatic N) is 4. The summed E-state index contributed by atoms with van der Waals surface area (Å²) in [7, 11) is 0. The number of halogens is 1. The molecule has 2 N–H and O–H groups in total. The predicted octanol–water partition coefficient (Wildman–Crippen LogP) is 3.91. The molecule has 0 fully saturated rings. The van der Waals surface area contributed by atoms with Crippen LogP contribution in [0.1, 0.15) is 20.8 Å². The SMILES string of the molecule is CC(C)(C)C(=O)Nc1cn2nc(-c3[nH]cnc3-c3ccc(F)cc3)ccc2n1. The minimum Gasteiger partial charge on any atom is -0.343 e. The lowest BCUT2D eigenvalue weighted by molar-refractivity contribution is -0.123. The molecule has 0 aliphatic rings. The van der Waals surface area contributed by atoms with Crippen molar-refractivity contribution < 1.29 is 9.18 Å². The fourth-order valence-electron chi connectivity index (χ4n) is 2.70. The van der Waals surface area contributed by atoms with Gasteiger partial charge in [-0.3, -0.25) is 4.79 Å². The van der Waals surface area contributed by atoms with Crippen molar-refractivity contribution in [3.05, 3.63) is 54.7 Å². The van der Waals surface area contributed by atoms with Crippen molar-refractivity contribution in [3.63, 3.8) is 0 Å². The summed E-state index contributed by atoms with van der Waals surface area (Å²) in [5, 5.41) is 7.37. The number of imidazole rings is 2. The molecule has 28 heavy (non-hydrogen) atoms. The second-order valence-electron chi connectivity index (χ2n) is 7.48. The van der Waals surface area contributed by atoms with Gasteiger partial charge in [-0.25, -0.2) is 18.9 Å². The predicted molar refractivity (Wildman–Crippen MR) is 104 cm³/mol. The average Bonchev–Trinajstić information content (AvgIpc) is 3.27. The first kappa shape index (κ1) is 17.8. The fraction of sp³-hybridized carbons (Fsp3) is 0.200. The maximum Gasteiger partial charge on any atom is 0.230 e. The molecule has 8 heteroatoms. The van der Waals surface area contributed by atoms with E-state index in [1.807, 2.05) is 32.9 Å². The number of carbonyl (C=O) groups excluding carboxylic acids is 1. The van der Waals surface area contributed by atoms with Gasteiger partial charge in [-0.1, -0.05) is 20.8 Å². The Balaban J connectivity index is 1.69. The Morgan fingerprint density at radius 1 is 1.14 bits per heavy atom. The Morgan fingerprint density at radius 3 is 2.61 bits per heavy atom. The van der Waals surface area contributed by atoms with E-state index in [4.69, 9.17) is 0 Å². The van der Waals surface area contributed by atoms with Crippen LogP contribution in [0.15, 0.2) is 48.9 Å². The molecule has 0 aliphatic carbocycles. The molecule has 0 unspecified atom stereocenters. The molecule has 3 heterocycles. The van der Waals surface area contributed by atoms with Crippen molar-refractivity contribution >= 4 is 17.4 Å². The van der Waals surface area contributed by atoms with Gasteiger partial charge in [0.25, 0.3) is 0 Å². The first-order valence-electron chi connectivity index (χ1n) is 8.79. The van der Waals surface area contributed by atoms with E-state index in [0.29, 0.717) is 28.5 Å². The number of aromatic amines is 1. The Labute approximate surface area is 160 Å². The molecule has 0 bridgehead atoms. The summed E-state index contributed by atoms with van der Waals surface area (Å²) < 4.78 is 14.8. The molecule has 0 aliphatic heterocycles. The number of H-pyrrole nitrogens is 1. The minimum atomic E-state index is -0.519. The number of fused-ring (bicyclic) bond motifs is 1. The van der Waals surface area contributed by atoms with Crippen LogP contribution >= 0.6 is 0 Å². The van der Waals surface area contributed by atoms with Crippen LogP contribution in [0.4, 0.5) is 10.2 Å². The van der Waals surface area contributed by atoms with Gasteiger partial charge in [0.1, 0.15) is 11.5 Å². The van der Waals surface area contributed by atoms with Crippen molar-refractivity contribution in [3.8, 4) is 22.6 Å². The van der Waals surface area contributed by atoms with Crippen molar-refractivity contribution in [1.29, 1.82) is 0 Å². The summed E-state index contributed by atoms with van der Waals surface area (Å²) in [6.45, 7) is 5.51. The summed E-state index contributed by atoms with van der Waals surface area (Å²) >= 11 is 0. The molecule has 0 radical (unpaired) electrons. The van der Waals surface area contributed by atoms with Gasteiger partial charge in [0.15, 0.2) is 11.5 Å². The standard InChI is InChI=1S/C20H19FN6O/c1-20(2,3)19(28)25-15-10-27-16(24-15)9-8-14(26-27)18-17(22-11-23-18)12-4-6-13(21)7-5-12/h4-11H,1-3H3,(H,22,23)(H,25,28). The van der Waals surface area contributed by atoms with E-state index in [0.717, 1.165) is 5.56 Å². The highest BCUT2D eigenvalue weighted by Crippen LogP contribution is 2.28. The van der Waals surface area contributed by atoms with E-state index < -0.39 is 5.41 Å². The van der Waals surface area contributed by atoms with Gasteiger partial charge in [-0.15, -0.1) is 0 Å². The van der Waals surface area contributed by atoms with Crippen LogP contribution in [0.2, 0.25) is 0 Å². The lowest BCUT2D eigenvalue weighted by Gasteiger charge is -2.15. The molecular formula is C20H19FN6O. The minimum absolute atomic E-state index is 0.122. The van der Waals surface area contributed by atoms with Crippen LogP contribution in [-0.4, -0.2) is 30.5 Å². The summed E-state index contributed by atoms with van der Waals surface area (Å²) in [6, 6.07) is 9.76. The Kier molecular flexibility index (Phi) is 4.18. The largest absolute Gasteiger partial charge is 0.343 e. The maximum absolute atomic E-state index is 13.2. The summed E-state index contributed by atoms with van der Waals surface area (Å²) in [4.78, 5) is 24.0. The highest BCUT2D eigenvalue weighted by atomic mass is 19.1. The number of hydrogen-bond acceptors (Lipinski definition) is 4. The normalized spacial score (nSPS) is 11.7. The molecule has 0 spiro atoms. The molecule has 3 aromatic heterocycles. The topological polar surface area (TPSA) is 88.0 Å². The number of nitrogens with one attached hydrogen (secondary N) is 2. The number of amides is 1. The zero-order valence-electron chi connectivity index (χ0n) is 15.7. The van der Waals surface area contributed by atoms with Crippen LogP contribution in [0.25, 0.3) is 28.3 Å². The zero-order chi connectivity index (χ0) is 19.9. The number of benzene rings is 1. The maximum atomic E-state index is 13.2. The Hall–Kier alpha value is -3.55. The average molecular weight is 378 g/mol. The molecule has 0 atom stereocenters. The van der Waals surface area contributed by atoms with E-state index in [1.54, 1.807) is 29.2 Å². The van der Waals surface area contributed by atoms with Gasteiger partial charge in [0.05, 0.1) is 23.9 Å². The van der Waals surface area contributed by atoms with Gasteiger partial charge >= 0.3 is 0 Å². The van der Waals surface area contributed by atoms with E-state index in [9.17, 15) is 9.18 Å². The first-order chi connectivity index (χ1) is 13.3. The van der Waals surface area contributed by atoms with Crippen LogP contribution in [0, 0.1) is 11.2 Å². The Morgan fingerprint density at radius 2 is 1.89 bits per heavy atom. The molecule has 1 amide bonds. The Bertz CT molecular complexity index is 1150. The van der Waals surface area contributed by atoms with Crippen molar-refractivity contribution in [2.45, 2.75) is 20.8 Å². The van der Waals surface area contributed by atoms with Crippen LogP contribution in [0.3, 0.4) is 0 Å². The van der Waals surface area contributed by atoms with Crippen LogP contribution in [0.5, 0.6) is 0 Å². The molecule has 1 aromatic carbocycles. The smallest absolute Gasteiger partial charge is 0.230 e. The van der Waals surface area contributed by atoms with E-state index in [1.165, 1.54) is 12.1 Å². The van der Waals surface area contributed by atoms with Gasteiger partial charge in [0.2, 0.25) is 5.91 Å². The van der Waals surface area contributed by atoms with Crippen molar-refractivity contribution in [2.24, 2.45) is 5.41 Å². The van der Waals surface area contributed by atoms with Crippen LogP contribution in [-0.2, 0) is 4.79 Å². The third kappa shape index (κ3) is 3.36. The third-order valence-corrected chi connectivity index (χ3v) is 4.26. The van der Waals surface area contributed by atoms with E-state index >= 15 is 0 Å². The van der Waals surface area contributed by atoms with Crippen LogP contribution < -0.4 is 5.32 Å². The fourth-order valence-corrected chi connectivity index (χ4v) is 2.70. The lowest BCUT2D eigenvalue weighted by atomic mass is 9.96. The molecule has 4 aromatic rings. The number of aromatic nitrogens is 5. The van der Waals surface area contributed by atoms with Gasteiger partial charge < -0.3 is 10.3 Å². The van der Waals surface area contributed by atoms with E-state index in [-0.39, 0.29) is 11.7 Å². The van der Waals surface area contributed by atoms with E-state index in [2.05, 4.69) is 25.4 Å². The van der Waals surface area contributed by atoms with Gasteiger partial charge in [-0.2, -0.15) is 5.10 Å².